The first-order valence-electron chi connectivity index (χ1n) is 23.5. The molecule has 4 aromatic heterocycles. The number of nitrogens with one attached hydrogen (secondary N) is 2. The van der Waals surface area contributed by atoms with Gasteiger partial charge in [0, 0.05) is 82.5 Å². The molecule has 17 heteroatoms. The number of benzene rings is 2. The van der Waals surface area contributed by atoms with Crippen molar-refractivity contribution in [3.05, 3.63) is 95.2 Å². The van der Waals surface area contributed by atoms with Crippen molar-refractivity contribution in [1.82, 2.24) is 49.2 Å². The van der Waals surface area contributed by atoms with E-state index in [1.54, 1.807) is 40.8 Å². The van der Waals surface area contributed by atoms with Crippen LogP contribution >= 0.6 is 0 Å². The molecule has 2 unspecified atom stereocenters. The van der Waals surface area contributed by atoms with Crippen molar-refractivity contribution in [3.8, 4) is 11.1 Å². The van der Waals surface area contributed by atoms with Crippen LogP contribution in [0.1, 0.15) is 93.6 Å². The van der Waals surface area contributed by atoms with Crippen LogP contribution in [0.4, 0.5) is 10.2 Å². The van der Waals surface area contributed by atoms with Gasteiger partial charge in [-0.3, -0.25) is 38.3 Å². The second kappa shape index (κ2) is 19.8. The number of carbonyl (C=O) groups is 4. The minimum absolute atomic E-state index is 0.0443. The van der Waals surface area contributed by atoms with E-state index in [9.17, 15) is 28.4 Å². The number of fused-ring (bicyclic) bond motifs is 2. The van der Waals surface area contributed by atoms with E-state index in [2.05, 4.69) is 37.6 Å². The number of para-hydroxylation sites is 1. The number of carbonyl (C=O) groups excluding carboxylic acids is 4. The Labute approximate surface area is 382 Å². The number of H-pyrrole nitrogens is 1. The highest BCUT2D eigenvalue weighted by molar-refractivity contribution is 6.00. The summed E-state index contributed by atoms with van der Waals surface area (Å²) in [6.07, 6.45) is 16.5. The maximum absolute atomic E-state index is 14.2. The van der Waals surface area contributed by atoms with Crippen LogP contribution in [0.15, 0.2) is 78.0 Å². The molecule has 6 aromatic rings. The van der Waals surface area contributed by atoms with Crippen molar-refractivity contribution < 1.29 is 23.6 Å². The average Bonchev–Trinajstić information content (AvgIpc) is 4.10. The van der Waals surface area contributed by atoms with Crippen LogP contribution in [0.2, 0.25) is 0 Å². The third-order valence-corrected chi connectivity index (χ3v) is 14.0. The number of pyridine rings is 1. The Kier molecular flexibility index (Phi) is 13.4. The number of likely N-dealkylation sites (tertiary alicyclic amines) is 2. The van der Waals surface area contributed by atoms with E-state index in [0.717, 1.165) is 113 Å². The molecule has 346 valence electrons. The number of hydrogen-bond acceptors (Lipinski definition) is 9. The Morgan fingerprint density at radius 2 is 1.61 bits per heavy atom. The van der Waals surface area contributed by atoms with Crippen LogP contribution in [0, 0.1) is 17.7 Å². The molecule has 0 spiro atoms. The van der Waals surface area contributed by atoms with E-state index in [0.29, 0.717) is 53.5 Å². The molecule has 16 nitrogen and oxygen atoms in total. The first kappa shape index (κ1) is 44.5. The van der Waals surface area contributed by atoms with Crippen LogP contribution in [0.25, 0.3) is 33.1 Å². The summed E-state index contributed by atoms with van der Waals surface area (Å²) in [6, 6.07) is 15.8. The zero-order chi connectivity index (χ0) is 45.7. The summed E-state index contributed by atoms with van der Waals surface area (Å²) >= 11 is 0. The Hall–Kier alpha value is -6.65. The molecule has 2 N–H and O–H groups in total. The quantitative estimate of drug-likeness (QED) is 0.151. The lowest BCUT2D eigenvalue weighted by atomic mass is 9.86. The summed E-state index contributed by atoms with van der Waals surface area (Å²) in [4.78, 5) is 76.5. The molecule has 10 rings (SSSR count). The number of imidazole rings is 1. The van der Waals surface area contributed by atoms with Gasteiger partial charge in [-0.1, -0.05) is 23.4 Å². The minimum atomic E-state index is -0.714. The summed E-state index contributed by atoms with van der Waals surface area (Å²) in [7, 11) is 1.70. The van der Waals surface area contributed by atoms with Gasteiger partial charge in [-0.15, -0.1) is 5.10 Å². The molecule has 4 aliphatic heterocycles. The van der Waals surface area contributed by atoms with E-state index in [-0.39, 0.29) is 35.6 Å². The lowest BCUT2D eigenvalue weighted by molar-refractivity contribution is -0.136. The van der Waals surface area contributed by atoms with Crippen LogP contribution in [-0.2, 0) is 28.0 Å². The van der Waals surface area contributed by atoms with Crippen molar-refractivity contribution in [2.75, 3.05) is 44.2 Å². The minimum Gasteiger partial charge on any atom is -0.357 e. The first-order chi connectivity index (χ1) is 32.1. The maximum Gasteiger partial charge on any atom is 0.329 e. The zero-order valence-corrected chi connectivity index (χ0v) is 37.5. The number of halogens is 1. The molecule has 4 amide bonds. The predicted octanol–water partition coefficient (Wildman–Crippen LogP) is 6.23. The first-order valence-corrected chi connectivity index (χ1v) is 23.5. The number of anilines is 1. The predicted molar refractivity (Wildman–Crippen MR) is 248 cm³/mol. The lowest BCUT2D eigenvalue weighted by Gasteiger charge is -2.35. The molecule has 0 bridgehead atoms. The zero-order valence-electron chi connectivity index (χ0n) is 37.5. The van der Waals surface area contributed by atoms with E-state index >= 15 is 0 Å². The smallest absolute Gasteiger partial charge is 0.329 e. The van der Waals surface area contributed by atoms with Gasteiger partial charge in [0.05, 0.1) is 29.3 Å². The number of hydrogen-bond donors (Lipinski definition) is 2. The van der Waals surface area contributed by atoms with Crippen LogP contribution in [0.5, 0.6) is 0 Å². The molecule has 0 radical (unpaired) electrons. The highest BCUT2D eigenvalue weighted by Crippen LogP contribution is 2.32. The fourth-order valence-corrected chi connectivity index (χ4v) is 10.2. The Bertz CT molecular complexity index is 2750. The highest BCUT2D eigenvalue weighted by Gasteiger charge is 2.32. The number of imide groups is 1. The number of amides is 4. The normalized spacial score (nSPS) is 19.5. The molecule has 4 aliphatic rings. The number of nitrogens with zero attached hydrogens (tertiary/aromatic N) is 9. The summed E-state index contributed by atoms with van der Waals surface area (Å²) in [5.74, 6) is 1.18. The van der Waals surface area contributed by atoms with Gasteiger partial charge in [-0.2, -0.15) is 0 Å². The Morgan fingerprint density at radius 3 is 2.35 bits per heavy atom. The van der Waals surface area contributed by atoms with Crippen molar-refractivity contribution in [3.63, 3.8) is 0 Å². The van der Waals surface area contributed by atoms with Crippen LogP contribution in [-0.4, -0.2) is 107 Å². The standard InChI is InChI=1S/C39H42FN7O4.C10H16N4O/c1-44-33-21-26(9-11-31(33)47(39(44)51)32-12-14-35(48)43-37(32)49)28-10-13-34(41-22-28)45-18-15-24(16-19-45)7-8-25-4-3-17-46(23-25)38(50)30-20-27-5-2-6-29(40)36(27)42-30;15-10(13-6-2-1-3-7-13)4-8-14-9-5-11-12-14/h2,5-6,9-11,13,20-22,24-25,32,42H,3-4,7-8,12,14-19,23H2,1H3,(H,43,48,49);5,9H,1-4,6-8H2. The molecule has 2 atom stereocenters. The third-order valence-electron chi connectivity index (χ3n) is 14.0. The second-order valence-corrected chi connectivity index (χ2v) is 18.3. The van der Waals surface area contributed by atoms with Gasteiger partial charge in [0.25, 0.3) is 5.91 Å². The van der Waals surface area contributed by atoms with Gasteiger partial charge in [-0.05, 0) is 118 Å². The van der Waals surface area contributed by atoms with Crippen LogP contribution < -0.4 is 15.9 Å². The molecule has 66 heavy (non-hydrogen) atoms. The van der Waals surface area contributed by atoms with Crippen molar-refractivity contribution in [2.45, 2.75) is 89.6 Å². The fourth-order valence-electron chi connectivity index (χ4n) is 10.2. The van der Waals surface area contributed by atoms with E-state index in [4.69, 9.17) is 4.98 Å². The lowest BCUT2D eigenvalue weighted by Crippen LogP contribution is -2.44. The van der Waals surface area contributed by atoms with E-state index in [1.807, 2.05) is 40.3 Å². The molecule has 8 heterocycles. The molecular formula is C49H58FN11O5. The third kappa shape index (κ3) is 9.80. The van der Waals surface area contributed by atoms with Crippen LogP contribution in [0.3, 0.4) is 0 Å². The Morgan fingerprint density at radius 1 is 0.818 bits per heavy atom. The van der Waals surface area contributed by atoms with Gasteiger partial charge >= 0.3 is 5.69 Å². The van der Waals surface area contributed by atoms with Gasteiger partial charge < -0.3 is 19.7 Å². The van der Waals surface area contributed by atoms with Crippen molar-refractivity contribution >= 4 is 51.4 Å². The SMILES string of the molecule is Cn1c(=O)n(C2CCC(=O)NC2=O)c2ccc(-c3ccc(N4CCC(CCC5CCCN(C(=O)c6cc7cccc(F)c7[nH]6)C5)CC4)nc3)cc21.O=C(CCn1ccnn1)N1CCCCC1. The van der Waals surface area contributed by atoms with Crippen molar-refractivity contribution in [2.24, 2.45) is 18.9 Å². The molecule has 0 aliphatic carbocycles. The number of rotatable bonds is 10. The van der Waals surface area contributed by atoms with Crippen molar-refractivity contribution in [1.29, 1.82) is 0 Å². The largest absolute Gasteiger partial charge is 0.357 e. The molecule has 0 saturated carbocycles. The van der Waals surface area contributed by atoms with Gasteiger partial charge in [0.15, 0.2) is 0 Å². The highest BCUT2D eigenvalue weighted by atomic mass is 19.1. The fraction of sp³-hybridized carbons (Fsp3) is 0.469. The summed E-state index contributed by atoms with van der Waals surface area (Å²) < 4.78 is 18.9. The number of aromatic nitrogens is 7. The van der Waals surface area contributed by atoms with E-state index < -0.39 is 11.9 Å². The number of piperidine rings is 4. The summed E-state index contributed by atoms with van der Waals surface area (Å²) in [5, 5.41) is 10.6. The monoisotopic (exact) mass is 899 g/mol. The average molecular weight is 900 g/mol. The molecular weight excluding hydrogens is 842 g/mol. The van der Waals surface area contributed by atoms with Gasteiger partial charge in [0.1, 0.15) is 23.4 Å². The Balaban J connectivity index is 0.000000309. The maximum atomic E-state index is 14.2. The molecule has 4 fully saturated rings. The van der Waals surface area contributed by atoms with Gasteiger partial charge in [0.2, 0.25) is 17.7 Å². The van der Waals surface area contributed by atoms with Gasteiger partial charge in [-0.25, -0.2) is 14.2 Å². The summed E-state index contributed by atoms with van der Waals surface area (Å²) in [6.45, 7) is 5.88. The molecule has 2 aromatic carbocycles. The summed E-state index contributed by atoms with van der Waals surface area (Å²) in [5.41, 5.74) is 3.80. The topological polar surface area (TPSA) is 176 Å². The number of aromatic amines is 1. The second-order valence-electron chi connectivity index (χ2n) is 18.3. The number of aryl methyl sites for hydroxylation is 2. The van der Waals surface area contributed by atoms with E-state index in [1.165, 1.54) is 17.1 Å². The molecule has 4 saturated heterocycles.